The first kappa shape index (κ1) is 21.4. The minimum absolute atomic E-state index is 0.0404. The first-order valence-electron chi connectivity index (χ1n) is 8.43. The molecule has 1 atom stereocenters. The van der Waals surface area contributed by atoms with Gasteiger partial charge in [0.15, 0.2) is 5.76 Å². The topological polar surface area (TPSA) is 101 Å². The van der Waals surface area contributed by atoms with Gasteiger partial charge >= 0.3 is 0 Å². The zero-order valence-corrected chi connectivity index (χ0v) is 17.5. The molecule has 2 rings (SSSR count). The number of carbonyl (C=O) groups is 1. The van der Waals surface area contributed by atoms with Crippen molar-refractivity contribution in [2.45, 2.75) is 51.0 Å². The smallest absolute Gasteiger partial charge is 0.246 e. The normalized spacial score (nSPS) is 13.4. The number of amides is 1. The number of hydrogen-bond acceptors (Lipinski definition) is 5. The van der Waals surface area contributed by atoms with E-state index in [1.54, 1.807) is 6.07 Å². The van der Waals surface area contributed by atoms with Crippen molar-refractivity contribution in [1.82, 2.24) is 15.2 Å². The molecule has 1 aromatic heterocycles. The van der Waals surface area contributed by atoms with E-state index in [0.29, 0.717) is 11.6 Å². The summed E-state index contributed by atoms with van der Waals surface area (Å²) in [4.78, 5) is 12.4. The second kappa shape index (κ2) is 8.00. The Bertz CT molecular complexity index is 918. The van der Waals surface area contributed by atoms with Crippen LogP contribution in [0.15, 0.2) is 33.7 Å². The molecule has 1 amide bonds. The Kier molecular flexibility index (Phi) is 6.34. The van der Waals surface area contributed by atoms with Crippen LogP contribution in [0.25, 0.3) is 0 Å². The lowest BCUT2D eigenvalue weighted by Crippen LogP contribution is -2.47. The molecule has 27 heavy (non-hydrogen) atoms. The Balaban J connectivity index is 2.03. The summed E-state index contributed by atoms with van der Waals surface area (Å²) in [7, 11) is -3.92. The Morgan fingerprint density at radius 3 is 2.56 bits per heavy atom. The lowest BCUT2D eigenvalue weighted by Gasteiger charge is -2.26. The van der Waals surface area contributed by atoms with Gasteiger partial charge in [-0.1, -0.05) is 42.7 Å². The van der Waals surface area contributed by atoms with Gasteiger partial charge in [-0.3, -0.25) is 4.79 Å². The van der Waals surface area contributed by atoms with Gasteiger partial charge in [-0.05, 0) is 38.5 Å². The molecule has 0 spiro atoms. The number of nitrogens with zero attached hydrogens (tertiary/aromatic N) is 1. The maximum atomic E-state index is 12.5. The quantitative estimate of drug-likeness (QED) is 0.726. The van der Waals surface area contributed by atoms with E-state index in [9.17, 15) is 13.2 Å². The van der Waals surface area contributed by atoms with Crippen molar-refractivity contribution in [3.05, 3.63) is 46.3 Å². The first-order chi connectivity index (χ1) is 12.4. The highest BCUT2D eigenvalue weighted by atomic mass is 35.5. The molecule has 2 N–H and O–H groups in total. The van der Waals surface area contributed by atoms with E-state index in [-0.39, 0.29) is 21.8 Å². The van der Waals surface area contributed by atoms with Gasteiger partial charge in [0.05, 0.1) is 6.04 Å². The molecule has 2 aromatic rings. The molecular formula is C18H24ClN3O4S. The molecule has 0 aliphatic carbocycles. The van der Waals surface area contributed by atoms with Crippen LogP contribution in [0.1, 0.15) is 37.8 Å². The van der Waals surface area contributed by atoms with Gasteiger partial charge in [0.25, 0.3) is 0 Å². The van der Waals surface area contributed by atoms with Crippen LogP contribution in [0.3, 0.4) is 0 Å². The van der Waals surface area contributed by atoms with Crippen LogP contribution >= 0.6 is 11.6 Å². The minimum atomic E-state index is -3.92. The Morgan fingerprint density at radius 2 is 2.00 bits per heavy atom. The maximum Gasteiger partial charge on any atom is 0.246 e. The van der Waals surface area contributed by atoms with Crippen molar-refractivity contribution >= 4 is 27.5 Å². The average molecular weight is 414 g/mol. The van der Waals surface area contributed by atoms with Crippen LogP contribution in [0.2, 0.25) is 5.02 Å². The summed E-state index contributed by atoms with van der Waals surface area (Å²) in [5.74, 6) is -0.255. The third kappa shape index (κ3) is 5.09. The predicted octanol–water partition coefficient (Wildman–Crippen LogP) is 2.71. The Morgan fingerprint density at radius 1 is 1.33 bits per heavy atom. The summed E-state index contributed by atoms with van der Waals surface area (Å²) in [5.41, 5.74) is 0.842. The van der Waals surface area contributed by atoms with Crippen molar-refractivity contribution < 1.29 is 17.7 Å². The number of benzene rings is 1. The summed E-state index contributed by atoms with van der Waals surface area (Å²) in [6.07, 6.45) is 0. The van der Waals surface area contributed by atoms with Crippen LogP contribution in [0.4, 0.5) is 0 Å². The van der Waals surface area contributed by atoms with Gasteiger partial charge in [-0.2, -0.15) is 4.72 Å². The monoisotopic (exact) mass is 413 g/mol. The van der Waals surface area contributed by atoms with E-state index in [0.717, 1.165) is 5.56 Å². The average Bonchev–Trinajstić information content (AvgIpc) is 2.91. The second-order valence-corrected chi connectivity index (χ2v) is 9.20. The van der Waals surface area contributed by atoms with E-state index < -0.39 is 22.0 Å². The third-order valence-corrected chi connectivity index (χ3v) is 6.29. The molecular weight excluding hydrogens is 390 g/mol. The maximum absolute atomic E-state index is 12.5. The SMILES string of the molecule is Cc1noc(C)c1S(=O)(=O)N[C@@H](C)C(=O)NCC(C)(C)c1cccc(Cl)c1. The number of aryl methyl sites for hydroxylation is 2. The fourth-order valence-corrected chi connectivity index (χ4v) is 4.40. The standard InChI is InChI=1S/C18H24ClN3O4S/c1-11-16(13(3)26-21-11)27(24,25)22-12(2)17(23)20-10-18(4,5)14-7-6-8-15(19)9-14/h6-9,12,22H,10H2,1-5H3,(H,20,23)/t12-/m0/s1. The number of aromatic nitrogens is 1. The van der Waals surface area contributed by atoms with E-state index in [4.69, 9.17) is 16.1 Å². The third-order valence-electron chi connectivity index (χ3n) is 4.27. The number of carbonyl (C=O) groups excluding carboxylic acids is 1. The second-order valence-electron chi connectivity index (χ2n) is 7.11. The van der Waals surface area contributed by atoms with Crippen molar-refractivity contribution in [3.63, 3.8) is 0 Å². The molecule has 1 aromatic carbocycles. The van der Waals surface area contributed by atoms with Gasteiger partial charge in [0.2, 0.25) is 15.9 Å². The summed E-state index contributed by atoms with van der Waals surface area (Å²) in [5, 5.41) is 7.05. The molecule has 0 saturated carbocycles. The molecule has 0 fully saturated rings. The van der Waals surface area contributed by atoms with Crippen LogP contribution in [0, 0.1) is 13.8 Å². The van der Waals surface area contributed by atoms with Gasteiger partial charge in [-0.25, -0.2) is 8.42 Å². The summed E-state index contributed by atoms with van der Waals surface area (Å²) >= 11 is 6.03. The molecule has 0 radical (unpaired) electrons. The molecule has 0 saturated heterocycles. The minimum Gasteiger partial charge on any atom is -0.360 e. The number of halogens is 1. The first-order valence-corrected chi connectivity index (χ1v) is 10.3. The summed E-state index contributed by atoms with van der Waals surface area (Å²) in [6.45, 7) is 8.78. The predicted molar refractivity (Wildman–Crippen MR) is 103 cm³/mol. The van der Waals surface area contributed by atoms with Crippen LogP contribution in [0.5, 0.6) is 0 Å². The fourth-order valence-electron chi connectivity index (χ4n) is 2.68. The van der Waals surface area contributed by atoms with E-state index >= 15 is 0 Å². The van der Waals surface area contributed by atoms with Crippen molar-refractivity contribution in [3.8, 4) is 0 Å². The highest BCUT2D eigenvalue weighted by Gasteiger charge is 2.29. The highest BCUT2D eigenvalue weighted by Crippen LogP contribution is 2.25. The number of sulfonamides is 1. The van der Waals surface area contributed by atoms with Crippen LogP contribution in [-0.4, -0.2) is 32.1 Å². The number of hydrogen-bond donors (Lipinski definition) is 2. The van der Waals surface area contributed by atoms with E-state index in [1.807, 2.05) is 32.0 Å². The molecule has 0 aliphatic heterocycles. The lowest BCUT2D eigenvalue weighted by molar-refractivity contribution is -0.122. The summed E-state index contributed by atoms with van der Waals surface area (Å²) < 4.78 is 32.3. The van der Waals surface area contributed by atoms with Crippen molar-refractivity contribution in [2.75, 3.05) is 6.54 Å². The Hall–Kier alpha value is -1.90. The van der Waals surface area contributed by atoms with E-state index in [1.165, 1.54) is 20.8 Å². The summed E-state index contributed by atoms with van der Waals surface area (Å²) in [6, 6.07) is 6.45. The van der Waals surface area contributed by atoms with Crippen molar-refractivity contribution in [2.24, 2.45) is 0 Å². The molecule has 0 unspecified atom stereocenters. The fraction of sp³-hybridized carbons (Fsp3) is 0.444. The highest BCUT2D eigenvalue weighted by molar-refractivity contribution is 7.89. The van der Waals surface area contributed by atoms with Crippen LogP contribution < -0.4 is 10.0 Å². The van der Waals surface area contributed by atoms with Gasteiger partial charge in [0, 0.05) is 17.0 Å². The van der Waals surface area contributed by atoms with Crippen molar-refractivity contribution in [1.29, 1.82) is 0 Å². The number of rotatable bonds is 7. The van der Waals surface area contributed by atoms with E-state index in [2.05, 4.69) is 15.2 Å². The molecule has 0 bridgehead atoms. The largest absolute Gasteiger partial charge is 0.360 e. The Labute approximate surface area is 164 Å². The molecule has 1 heterocycles. The van der Waals surface area contributed by atoms with Gasteiger partial charge < -0.3 is 9.84 Å². The molecule has 148 valence electrons. The molecule has 9 heteroatoms. The zero-order valence-electron chi connectivity index (χ0n) is 16.0. The molecule has 0 aliphatic rings. The van der Waals surface area contributed by atoms with Gasteiger partial charge in [0.1, 0.15) is 10.6 Å². The number of nitrogens with one attached hydrogen (secondary N) is 2. The molecule has 7 nitrogen and oxygen atoms in total. The van der Waals surface area contributed by atoms with Crippen LogP contribution in [-0.2, 0) is 20.2 Å². The lowest BCUT2D eigenvalue weighted by atomic mass is 9.84. The zero-order chi connectivity index (χ0) is 20.4. The van der Waals surface area contributed by atoms with Gasteiger partial charge in [-0.15, -0.1) is 0 Å².